The van der Waals surface area contributed by atoms with Crippen LogP contribution in [-0.2, 0) is 9.53 Å². The number of esters is 1. The van der Waals surface area contributed by atoms with Gasteiger partial charge in [-0.1, -0.05) is 6.07 Å². The Morgan fingerprint density at radius 1 is 1.07 bits per heavy atom. The minimum atomic E-state index is -0.771. The molecule has 0 bridgehead atoms. The van der Waals surface area contributed by atoms with Gasteiger partial charge in [-0.05, 0) is 42.8 Å². The number of carbonyl (C=O) groups is 1. The third-order valence-corrected chi connectivity index (χ3v) is 4.24. The van der Waals surface area contributed by atoms with Gasteiger partial charge in [0, 0.05) is 11.5 Å². The van der Waals surface area contributed by atoms with Gasteiger partial charge in [0.2, 0.25) is 6.79 Å². The smallest absolute Gasteiger partial charge is 0.346 e. The van der Waals surface area contributed by atoms with Gasteiger partial charge in [0.25, 0.3) is 0 Å². The fourth-order valence-electron chi connectivity index (χ4n) is 2.85. The number of hydrogen-bond acceptors (Lipinski definition) is 7. The Hall–Kier alpha value is -3.48. The van der Waals surface area contributed by atoms with Crippen molar-refractivity contribution in [2.45, 2.75) is 13.0 Å². The van der Waals surface area contributed by atoms with E-state index in [2.05, 4.69) is 4.74 Å². The lowest BCUT2D eigenvalue weighted by Gasteiger charge is -2.12. The third-order valence-electron chi connectivity index (χ3n) is 4.24. The van der Waals surface area contributed by atoms with Crippen LogP contribution in [0.5, 0.6) is 17.2 Å². The van der Waals surface area contributed by atoms with E-state index < -0.39 is 17.7 Å². The zero-order valence-corrected chi connectivity index (χ0v) is 14.7. The van der Waals surface area contributed by atoms with Crippen LogP contribution in [0.25, 0.3) is 22.1 Å². The molecule has 0 radical (unpaired) electrons. The first-order chi connectivity index (χ1) is 13.0. The summed E-state index contributed by atoms with van der Waals surface area (Å²) in [4.78, 5) is 23.9. The highest BCUT2D eigenvalue weighted by Gasteiger charge is 2.17. The van der Waals surface area contributed by atoms with Gasteiger partial charge in [0.1, 0.15) is 11.3 Å². The van der Waals surface area contributed by atoms with Crippen molar-refractivity contribution in [3.8, 4) is 28.4 Å². The molecule has 0 amide bonds. The van der Waals surface area contributed by atoms with E-state index in [0.717, 1.165) is 5.39 Å². The number of ether oxygens (including phenoxy) is 4. The van der Waals surface area contributed by atoms with E-state index in [4.69, 9.17) is 18.6 Å². The fourth-order valence-corrected chi connectivity index (χ4v) is 2.85. The predicted octanol–water partition coefficient (Wildman–Crippen LogP) is 3.13. The Kier molecular flexibility index (Phi) is 4.19. The van der Waals surface area contributed by atoms with Crippen LogP contribution >= 0.6 is 0 Å². The van der Waals surface area contributed by atoms with E-state index in [9.17, 15) is 9.59 Å². The maximum Gasteiger partial charge on any atom is 0.346 e. The van der Waals surface area contributed by atoms with Crippen molar-refractivity contribution in [3.63, 3.8) is 0 Å². The van der Waals surface area contributed by atoms with Crippen molar-refractivity contribution in [2.24, 2.45) is 0 Å². The van der Waals surface area contributed by atoms with E-state index in [1.807, 2.05) is 0 Å². The highest BCUT2D eigenvalue weighted by atomic mass is 16.7. The van der Waals surface area contributed by atoms with E-state index in [-0.39, 0.29) is 6.79 Å². The summed E-state index contributed by atoms with van der Waals surface area (Å²) < 4.78 is 26.2. The first-order valence-electron chi connectivity index (χ1n) is 8.27. The van der Waals surface area contributed by atoms with Crippen LogP contribution < -0.4 is 19.8 Å². The molecule has 0 N–H and O–H groups in total. The normalized spacial score (nSPS) is 13.4. The summed E-state index contributed by atoms with van der Waals surface area (Å²) >= 11 is 0. The first-order valence-corrected chi connectivity index (χ1v) is 8.27. The van der Waals surface area contributed by atoms with Crippen molar-refractivity contribution < 1.29 is 28.2 Å². The molecule has 1 aromatic heterocycles. The average Bonchev–Trinajstić information content (AvgIpc) is 3.14. The third kappa shape index (κ3) is 3.19. The molecule has 0 aliphatic carbocycles. The van der Waals surface area contributed by atoms with E-state index in [1.165, 1.54) is 7.11 Å². The van der Waals surface area contributed by atoms with Crippen LogP contribution in [0.4, 0.5) is 0 Å². The molecule has 7 heteroatoms. The summed E-state index contributed by atoms with van der Waals surface area (Å²) in [5, 5.41) is 0.723. The quantitative estimate of drug-likeness (QED) is 0.517. The van der Waals surface area contributed by atoms with Crippen LogP contribution in [0.2, 0.25) is 0 Å². The minimum Gasteiger partial charge on any atom is -0.479 e. The van der Waals surface area contributed by atoms with Gasteiger partial charge in [-0.25, -0.2) is 9.59 Å². The molecule has 4 rings (SSSR count). The number of benzene rings is 2. The van der Waals surface area contributed by atoms with E-state index >= 15 is 0 Å². The molecule has 0 saturated carbocycles. The minimum absolute atomic E-state index is 0.165. The Balaban J connectivity index is 1.69. The molecule has 3 aromatic rings. The monoisotopic (exact) mass is 368 g/mol. The van der Waals surface area contributed by atoms with Crippen LogP contribution in [-0.4, -0.2) is 26.0 Å². The van der Waals surface area contributed by atoms with Gasteiger partial charge in [-0.2, -0.15) is 0 Å². The van der Waals surface area contributed by atoms with Crippen LogP contribution in [0.1, 0.15) is 6.92 Å². The summed E-state index contributed by atoms with van der Waals surface area (Å²) in [7, 11) is 1.29. The second-order valence-electron chi connectivity index (χ2n) is 6.00. The molecule has 0 saturated heterocycles. The van der Waals surface area contributed by atoms with Gasteiger partial charge < -0.3 is 23.4 Å². The first kappa shape index (κ1) is 17.0. The number of fused-ring (bicyclic) bond motifs is 2. The Bertz CT molecular complexity index is 1080. The molecule has 1 atom stereocenters. The molecule has 7 nitrogen and oxygen atoms in total. The Labute approximate surface area is 154 Å². The topological polar surface area (TPSA) is 84.2 Å². The maximum atomic E-state index is 12.5. The molecule has 2 heterocycles. The van der Waals surface area contributed by atoms with Crippen molar-refractivity contribution in [1.82, 2.24) is 0 Å². The maximum absolute atomic E-state index is 12.5. The Morgan fingerprint density at radius 3 is 2.70 bits per heavy atom. The van der Waals surface area contributed by atoms with Crippen molar-refractivity contribution in [3.05, 3.63) is 52.9 Å². The zero-order valence-electron chi connectivity index (χ0n) is 14.7. The van der Waals surface area contributed by atoms with E-state index in [0.29, 0.717) is 34.0 Å². The van der Waals surface area contributed by atoms with Crippen LogP contribution in [0, 0.1) is 0 Å². The van der Waals surface area contributed by atoms with Crippen molar-refractivity contribution in [2.75, 3.05) is 13.9 Å². The zero-order chi connectivity index (χ0) is 19.0. The van der Waals surface area contributed by atoms with Gasteiger partial charge >= 0.3 is 11.6 Å². The van der Waals surface area contributed by atoms with Gasteiger partial charge in [-0.15, -0.1) is 0 Å². The lowest BCUT2D eigenvalue weighted by Crippen LogP contribution is -2.24. The molecular formula is C20H16O7. The molecular weight excluding hydrogens is 352 g/mol. The second-order valence-corrected chi connectivity index (χ2v) is 6.00. The number of rotatable bonds is 4. The molecule has 0 fully saturated rings. The van der Waals surface area contributed by atoms with Crippen molar-refractivity contribution in [1.29, 1.82) is 0 Å². The number of carbonyl (C=O) groups excluding carboxylic acids is 1. The van der Waals surface area contributed by atoms with Gasteiger partial charge in [0.05, 0.1) is 12.7 Å². The lowest BCUT2D eigenvalue weighted by molar-refractivity contribution is -0.147. The Morgan fingerprint density at radius 2 is 1.89 bits per heavy atom. The fraction of sp³-hybridized carbons (Fsp3) is 0.200. The van der Waals surface area contributed by atoms with Crippen LogP contribution in [0.3, 0.4) is 0 Å². The molecule has 2 aromatic carbocycles. The SMILES string of the molecule is COC(=O)C(C)Oc1ccc2cc(-c3ccc4c(c3)OCO4)c(=O)oc2c1. The summed E-state index contributed by atoms with van der Waals surface area (Å²) in [6.45, 7) is 1.74. The average molecular weight is 368 g/mol. The summed E-state index contributed by atoms with van der Waals surface area (Å²) in [6.07, 6.45) is -0.771. The molecule has 27 heavy (non-hydrogen) atoms. The van der Waals surface area contributed by atoms with Gasteiger partial charge in [-0.3, -0.25) is 0 Å². The van der Waals surface area contributed by atoms with E-state index in [1.54, 1.807) is 49.4 Å². The van der Waals surface area contributed by atoms with Crippen LogP contribution in [0.15, 0.2) is 51.7 Å². The van der Waals surface area contributed by atoms with Gasteiger partial charge in [0.15, 0.2) is 17.6 Å². The molecule has 0 spiro atoms. The molecule has 1 unspecified atom stereocenters. The second kappa shape index (κ2) is 6.68. The largest absolute Gasteiger partial charge is 0.479 e. The summed E-state index contributed by atoms with van der Waals surface area (Å²) in [5.74, 6) is 1.15. The molecule has 1 aliphatic heterocycles. The van der Waals surface area contributed by atoms with Crippen molar-refractivity contribution >= 4 is 16.9 Å². The lowest BCUT2D eigenvalue weighted by atomic mass is 10.1. The molecule has 138 valence electrons. The molecule has 1 aliphatic rings. The summed E-state index contributed by atoms with van der Waals surface area (Å²) in [6, 6.07) is 12.1. The summed E-state index contributed by atoms with van der Waals surface area (Å²) in [5.41, 5.74) is 0.963. The predicted molar refractivity (Wildman–Crippen MR) is 96.1 cm³/mol. The number of hydrogen-bond donors (Lipinski definition) is 0. The standard InChI is InChI=1S/C20H16O7/c1-11(19(21)23-2)26-14-5-3-13-7-15(20(22)27-17(13)9-14)12-4-6-16-18(8-12)25-10-24-16/h3-9,11H,10H2,1-2H3. The number of methoxy groups -OCH3 is 1. The highest BCUT2D eigenvalue weighted by Crippen LogP contribution is 2.35. The highest BCUT2D eigenvalue weighted by molar-refractivity contribution is 5.83.